The fourth-order valence-electron chi connectivity index (χ4n) is 3.13. The normalized spacial score (nSPS) is 28.4. The smallest absolute Gasteiger partial charge is 0.0235 e. The number of hydrogen-bond acceptors (Lipinski definition) is 3. The van der Waals surface area contributed by atoms with E-state index in [0.717, 1.165) is 6.04 Å². The van der Waals surface area contributed by atoms with Crippen LogP contribution in [0, 0.1) is 0 Å². The van der Waals surface area contributed by atoms with Crippen molar-refractivity contribution in [3.05, 3.63) is 0 Å². The molecule has 2 saturated heterocycles. The van der Waals surface area contributed by atoms with Crippen molar-refractivity contribution in [2.75, 3.05) is 45.8 Å². The predicted octanol–water partition coefficient (Wildman–Crippen LogP) is 1.55. The summed E-state index contributed by atoms with van der Waals surface area (Å²) in [6.45, 7) is 11.2. The Hall–Kier alpha value is -0.120. The average Bonchev–Trinajstić information content (AvgIpc) is 2.64. The van der Waals surface area contributed by atoms with Gasteiger partial charge in [0.05, 0.1) is 0 Å². The molecular formula is C14H29N3. The van der Waals surface area contributed by atoms with Crippen LogP contribution >= 0.6 is 0 Å². The molecular weight excluding hydrogens is 210 g/mol. The summed E-state index contributed by atoms with van der Waals surface area (Å²) in [5.41, 5.74) is 0. The summed E-state index contributed by atoms with van der Waals surface area (Å²) in [5.74, 6) is 0. The summed E-state index contributed by atoms with van der Waals surface area (Å²) in [6.07, 6.45) is 6.85. The van der Waals surface area contributed by atoms with Crippen molar-refractivity contribution >= 4 is 0 Å². The van der Waals surface area contributed by atoms with Gasteiger partial charge in [-0.05, 0) is 45.4 Å². The van der Waals surface area contributed by atoms with Gasteiger partial charge in [-0.3, -0.25) is 4.90 Å². The molecule has 2 aliphatic heterocycles. The molecule has 17 heavy (non-hydrogen) atoms. The van der Waals surface area contributed by atoms with Gasteiger partial charge in [0, 0.05) is 25.7 Å². The van der Waals surface area contributed by atoms with Crippen molar-refractivity contribution in [2.24, 2.45) is 0 Å². The fourth-order valence-corrected chi connectivity index (χ4v) is 3.13. The number of nitrogens with zero attached hydrogens (tertiary/aromatic N) is 2. The minimum Gasteiger partial charge on any atom is -0.315 e. The first-order chi connectivity index (χ1) is 8.40. The molecule has 0 radical (unpaired) electrons. The monoisotopic (exact) mass is 239 g/mol. The average molecular weight is 239 g/mol. The molecule has 0 aromatic rings. The first kappa shape index (κ1) is 13.3. The van der Waals surface area contributed by atoms with Gasteiger partial charge in [-0.1, -0.05) is 19.8 Å². The van der Waals surface area contributed by atoms with E-state index in [-0.39, 0.29) is 0 Å². The molecule has 0 aromatic heterocycles. The van der Waals surface area contributed by atoms with E-state index in [2.05, 4.69) is 22.0 Å². The molecule has 100 valence electrons. The quantitative estimate of drug-likeness (QED) is 0.734. The van der Waals surface area contributed by atoms with Gasteiger partial charge in [-0.2, -0.15) is 0 Å². The van der Waals surface area contributed by atoms with Gasteiger partial charge < -0.3 is 10.2 Å². The first-order valence-corrected chi connectivity index (χ1v) is 7.57. The lowest BCUT2D eigenvalue weighted by Gasteiger charge is -2.27. The van der Waals surface area contributed by atoms with Crippen LogP contribution < -0.4 is 5.32 Å². The third-order valence-electron chi connectivity index (χ3n) is 4.22. The zero-order valence-corrected chi connectivity index (χ0v) is 11.5. The van der Waals surface area contributed by atoms with Crippen molar-refractivity contribution < 1.29 is 0 Å². The Morgan fingerprint density at radius 2 is 2.06 bits per heavy atom. The van der Waals surface area contributed by atoms with E-state index >= 15 is 0 Å². The van der Waals surface area contributed by atoms with E-state index in [4.69, 9.17) is 0 Å². The highest BCUT2D eigenvalue weighted by Gasteiger charge is 2.27. The molecule has 0 saturated carbocycles. The van der Waals surface area contributed by atoms with E-state index in [1.807, 2.05) is 0 Å². The maximum atomic E-state index is 3.50. The van der Waals surface area contributed by atoms with E-state index in [1.165, 1.54) is 77.9 Å². The number of nitrogens with one attached hydrogen (secondary N) is 1. The van der Waals surface area contributed by atoms with Crippen LogP contribution in [0.5, 0.6) is 0 Å². The lowest BCUT2D eigenvalue weighted by atomic mass is 10.2. The Kier molecular flexibility index (Phi) is 5.75. The Morgan fingerprint density at radius 3 is 2.94 bits per heavy atom. The molecule has 0 aromatic carbocycles. The van der Waals surface area contributed by atoms with Crippen LogP contribution in [0.4, 0.5) is 0 Å². The van der Waals surface area contributed by atoms with Crippen molar-refractivity contribution in [2.45, 2.75) is 45.1 Å². The van der Waals surface area contributed by atoms with Gasteiger partial charge in [0.2, 0.25) is 0 Å². The van der Waals surface area contributed by atoms with E-state index in [1.54, 1.807) is 0 Å². The third-order valence-corrected chi connectivity index (χ3v) is 4.22. The van der Waals surface area contributed by atoms with Crippen LogP contribution in [0.2, 0.25) is 0 Å². The molecule has 3 nitrogen and oxygen atoms in total. The second-order valence-electron chi connectivity index (χ2n) is 5.59. The molecule has 0 aliphatic carbocycles. The summed E-state index contributed by atoms with van der Waals surface area (Å²) in [7, 11) is 0. The Bertz CT molecular complexity index is 200. The highest BCUT2D eigenvalue weighted by Crippen LogP contribution is 2.17. The van der Waals surface area contributed by atoms with Crippen molar-refractivity contribution in [3.63, 3.8) is 0 Å². The van der Waals surface area contributed by atoms with E-state index in [9.17, 15) is 0 Å². The van der Waals surface area contributed by atoms with Crippen LogP contribution in [0.15, 0.2) is 0 Å². The molecule has 0 bridgehead atoms. The van der Waals surface area contributed by atoms with Crippen molar-refractivity contribution in [1.82, 2.24) is 15.1 Å². The minimum absolute atomic E-state index is 0.844. The Labute approximate surface area is 107 Å². The second-order valence-corrected chi connectivity index (χ2v) is 5.59. The molecule has 2 fully saturated rings. The van der Waals surface area contributed by atoms with Crippen LogP contribution in [-0.4, -0.2) is 61.7 Å². The lowest BCUT2D eigenvalue weighted by Crippen LogP contribution is -2.39. The highest BCUT2D eigenvalue weighted by atomic mass is 15.3. The number of likely N-dealkylation sites (tertiary alicyclic amines) is 1. The molecule has 1 N–H and O–H groups in total. The molecule has 3 heteroatoms. The van der Waals surface area contributed by atoms with Crippen LogP contribution in [0.3, 0.4) is 0 Å². The van der Waals surface area contributed by atoms with Gasteiger partial charge in [0.15, 0.2) is 0 Å². The van der Waals surface area contributed by atoms with Crippen LogP contribution in [0.25, 0.3) is 0 Å². The van der Waals surface area contributed by atoms with Gasteiger partial charge in [0.1, 0.15) is 0 Å². The SMILES string of the molecule is CCCCCN1CCC(N2CCCNCC2)C1. The maximum absolute atomic E-state index is 3.50. The number of rotatable bonds is 5. The maximum Gasteiger partial charge on any atom is 0.0235 e. The molecule has 2 rings (SSSR count). The highest BCUT2D eigenvalue weighted by molar-refractivity contribution is 4.84. The lowest BCUT2D eigenvalue weighted by molar-refractivity contribution is 0.203. The predicted molar refractivity (Wildman–Crippen MR) is 73.4 cm³/mol. The summed E-state index contributed by atoms with van der Waals surface area (Å²) in [6, 6.07) is 0.844. The summed E-state index contributed by atoms with van der Waals surface area (Å²) in [5, 5.41) is 3.50. The van der Waals surface area contributed by atoms with Gasteiger partial charge >= 0.3 is 0 Å². The molecule has 0 spiro atoms. The van der Waals surface area contributed by atoms with Crippen molar-refractivity contribution in [3.8, 4) is 0 Å². The molecule has 2 aliphatic rings. The number of unbranched alkanes of at least 4 members (excludes halogenated alkanes) is 2. The van der Waals surface area contributed by atoms with Crippen LogP contribution in [0.1, 0.15) is 39.0 Å². The van der Waals surface area contributed by atoms with Gasteiger partial charge in [-0.25, -0.2) is 0 Å². The fraction of sp³-hybridized carbons (Fsp3) is 1.00. The standard InChI is InChI=1S/C14H29N3/c1-2-3-4-9-16-11-6-14(13-16)17-10-5-7-15-8-12-17/h14-15H,2-13H2,1H3. The van der Waals surface area contributed by atoms with E-state index < -0.39 is 0 Å². The van der Waals surface area contributed by atoms with Crippen molar-refractivity contribution in [1.29, 1.82) is 0 Å². The topological polar surface area (TPSA) is 18.5 Å². The molecule has 1 unspecified atom stereocenters. The molecule has 2 heterocycles. The van der Waals surface area contributed by atoms with E-state index in [0.29, 0.717) is 0 Å². The Morgan fingerprint density at radius 1 is 1.12 bits per heavy atom. The summed E-state index contributed by atoms with van der Waals surface area (Å²) >= 11 is 0. The molecule has 0 amide bonds. The van der Waals surface area contributed by atoms with Gasteiger partial charge in [0.25, 0.3) is 0 Å². The zero-order chi connectivity index (χ0) is 11.9. The second kappa shape index (κ2) is 7.34. The summed E-state index contributed by atoms with van der Waals surface area (Å²) < 4.78 is 0. The largest absolute Gasteiger partial charge is 0.315 e. The third kappa shape index (κ3) is 4.23. The number of hydrogen-bond donors (Lipinski definition) is 1. The summed E-state index contributed by atoms with van der Waals surface area (Å²) in [4.78, 5) is 5.40. The zero-order valence-electron chi connectivity index (χ0n) is 11.5. The van der Waals surface area contributed by atoms with Crippen LogP contribution in [-0.2, 0) is 0 Å². The Balaban J connectivity index is 1.68. The molecule has 1 atom stereocenters. The first-order valence-electron chi connectivity index (χ1n) is 7.57. The minimum atomic E-state index is 0.844. The van der Waals surface area contributed by atoms with Gasteiger partial charge in [-0.15, -0.1) is 0 Å².